The summed E-state index contributed by atoms with van der Waals surface area (Å²) < 4.78 is 0. The van der Waals surface area contributed by atoms with Crippen LogP contribution in [0.2, 0.25) is 0 Å². The van der Waals surface area contributed by atoms with Crippen LogP contribution in [0.25, 0.3) is 0 Å². The third-order valence-electron chi connectivity index (χ3n) is 4.41. The molecule has 0 aliphatic heterocycles. The molecule has 1 heterocycles. The van der Waals surface area contributed by atoms with Crippen LogP contribution in [0.3, 0.4) is 0 Å². The van der Waals surface area contributed by atoms with Crippen LogP contribution >= 0.6 is 11.3 Å². The molecule has 112 valence electrons. The minimum atomic E-state index is 0.527. The molecule has 2 unspecified atom stereocenters. The van der Waals surface area contributed by atoms with Crippen LogP contribution in [0, 0.1) is 6.92 Å². The van der Waals surface area contributed by atoms with Crippen molar-refractivity contribution in [2.24, 2.45) is 0 Å². The lowest BCUT2D eigenvalue weighted by molar-refractivity contribution is 0.428. The number of rotatable bonds is 4. The molecule has 0 bridgehead atoms. The summed E-state index contributed by atoms with van der Waals surface area (Å²) in [5, 5.41) is 3.88. The highest BCUT2D eigenvalue weighted by atomic mass is 32.1. The zero-order valence-corrected chi connectivity index (χ0v) is 13.9. The van der Waals surface area contributed by atoms with Gasteiger partial charge in [-0.2, -0.15) is 0 Å². The molecule has 2 atom stereocenters. The van der Waals surface area contributed by atoms with Crippen molar-refractivity contribution in [2.45, 2.75) is 58.0 Å². The fourth-order valence-electron chi connectivity index (χ4n) is 3.39. The van der Waals surface area contributed by atoms with Crippen LogP contribution in [-0.4, -0.2) is 6.04 Å². The van der Waals surface area contributed by atoms with Crippen molar-refractivity contribution in [1.29, 1.82) is 0 Å². The largest absolute Gasteiger partial charge is 0.307 e. The maximum Gasteiger partial charge on any atom is 0.0325 e. The Morgan fingerprint density at radius 3 is 2.86 bits per heavy atom. The zero-order valence-electron chi connectivity index (χ0n) is 13.1. The normalized spacial score (nSPS) is 19.8. The maximum atomic E-state index is 3.88. The summed E-state index contributed by atoms with van der Waals surface area (Å²) in [6, 6.07) is 14.6. The minimum absolute atomic E-state index is 0.527. The molecule has 1 N–H and O–H groups in total. The molecular weight excluding hydrogens is 274 g/mol. The van der Waals surface area contributed by atoms with Crippen LogP contribution in [0.1, 0.15) is 53.1 Å². The zero-order chi connectivity index (χ0) is 14.7. The number of fused-ring (bicyclic) bond motifs is 1. The quantitative estimate of drug-likeness (QED) is 0.779. The van der Waals surface area contributed by atoms with Crippen molar-refractivity contribution < 1.29 is 0 Å². The molecule has 1 aliphatic carbocycles. The van der Waals surface area contributed by atoms with E-state index >= 15 is 0 Å². The maximum absolute atomic E-state index is 3.88. The molecule has 3 rings (SSSR count). The molecule has 1 aromatic carbocycles. The lowest BCUT2D eigenvalue weighted by atomic mass is 9.98. The van der Waals surface area contributed by atoms with Crippen LogP contribution in [-0.2, 0) is 12.8 Å². The van der Waals surface area contributed by atoms with E-state index in [-0.39, 0.29) is 0 Å². The first-order chi connectivity index (χ1) is 10.2. The highest BCUT2D eigenvalue weighted by Gasteiger charge is 2.19. The van der Waals surface area contributed by atoms with Gasteiger partial charge in [0.1, 0.15) is 0 Å². The predicted octanol–water partition coefficient (Wildman–Crippen LogP) is 5.04. The van der Waals surface area contributed by atoms with Gasteiger partial charge < -0.3 is 5.32 Å². The predicted molar refractivity (Wildman–Crippen MR) is 92.1 cm³/mol. The molecule has 0 saturated heterocycles. The standard InChI is InChI=1S/C19H25NS/c1-14(13-17-12-11-15(2)21-17)20-19-10-6-4-8-16-7-3-5-9-18(16)19/h3,5,7,9,11-12,14,19-20H,4,6,8,10,13H2,1-2H3. The first-order valence-electron chi connectivity index (χ1n) is 8.11. The van der Waals surface area contributed by atoms with Gasteiger partial charge in [0.25, 0.3) is 0 Å². The molecular formula is C19H25NS. The molecule has 21 heavy (non-hydrogen) atoms. The van der Waals surface area contributed by atoms with Crippen LogP contribution in [0.4, 0.5) is 0 Å². The first-order valence-corrected chi connectivity index (χ1v) is 8.93. The minimum Gasteiger partial charge on any atom is -0.307 e. The van der Waals surface area contributed by atoms with Crippen LogP contribution < -0.4 is 5.32 Å². The van der Waals surface area contributed by atoms with Crippen molar-refractivity contribution >= 4 is 11.3 Å². The molecule has 0 amide bonds. The van der Waals surface area contributed by atoms with Gasteiger partial charge in [-0.25, -0.2) is 0 Å². The fraction of sp³-hybridized carbons (Fsp3) is 0.474. The Hall–Kier alpha value is -1.12. The average molecular weight is 299 g/mol. The highest BCUT2D eigenvalue weighted by molar-refractivity contribution is 7.11. The van der Waals surface area contributed by atoms with E-state index in [4.69, 9.17) is 0 Å². The second-order valence-electron chi connectivity index (χ2n) is 6.28. The Morgan fingerprint density at radius 2 is 2.05 bits per heavy atom. The van der Waals surface area contributed by atoms with E-state index < -0.39 is 0 Å². The number of nitrogens with one attached hydrogen (secondary N) is 1. The molecule has 2 aromatic rings. The van der Waals surface area contributed by atoms with Gasteiger partial charge in [-0.15, -0.1) is 11.3 Å². The van der Waals surface area contributed by atoms with Gasteiger partial charge in [-0.3, -0.25) is 0 Å². The number of aryl methyl sites for hydroxylation is 2. The Bertz CT molecular complexity index is 587. The van der Waals surface area contributed by atoms with Gasteiger partial charge in [0.2, 0.25) is 0 Å². The van der Waals surface area contributed by atoms with Crippen molar-refractivity contribution in [3.8, 4) is 0 Å². The second-order valence-corrected chi connectivity index (χ2v) is 7.65. The van der Waals surface area contributed by atoms with Crippen molar-refractivity contribution in [3.05, 3.63) is 57.3 Å². The SMILES string of the molecule is Cc1ccc(CC(C)NC2CCCCc3ccccc32)s1. The van der Waals surface area contributed by atoms with E-state index in [0.717, 1.165) is 6.42 Å². The third kappa shape index (κ3) is 3.75. The Labute approximate surface area is 132 Å². The topological polar surface area (TPSA) is 12.0 Å². The highest BCUT2D eigenvalue weighted by Crippen LogP contribution is 2.29. The molecule has 0 fully saturated rings. The van der Waals surface area contributed by atoms with E-state index in [1.165, 1.54) is 41.0 Å². The number of hydrogen-bond acceptors (Lipinski definition) is 2. The van der Waals surface area contributed by atoms with Gasteiger partial charge in [-0.1, -0.05) is 30.7 Å². The Morgan fingerprint density at radius 1 is 1.19 bits per heavy atom. The first kappa shape index (κ1) is 14.8. The third-order valence-corrected chi connectivity index (χ3v) is 5.43. The van der Waals surface area contributed by atoms with E-state index in [2.05, 4.69) is 55.6 Å². The summed E-state index contributed by atoms with van der Waals surface area (Å²) in [5.74, 6) is 0. The van der Waals surface area contributed by atoms with Crippen LogP contribution in [0.5, 0.6) is 0 Å². The molecule has 1 nitrogen and oxygen atoms in total. The van der Waals surface area contributed by atoms with E-state index in [9.17, 15) is 0 Å². The van der Waals surface area contributed by atoms with Crippen molar-refractivity contribution in [3.63, 3.8) is 0 Å². The van der Waals surface area contributed by atoms with Gasteiger partial charge in [-0.05, 0) is 62.8 Å². The summed E-state index contributed by atoms with van der Waals surface area (Å²) >= 11 is 1.93. The van der Waals surface area contributed by atoms with Crippen LogP contribution in [0.15, 0.2) is 36.4 Å². The number of thiophene rings is 1. The second kappa shape index (κ2) is 6.76. The summed E-state index contributed by atoms with van der Waals surface area (Å²) in [6.45, 7) is 4.51. The fourth-order valence-corrected chi connectivity index (χ4v) is 4.41. The van der Waals surface area contributed by atoms with Gasteiger partial charge >= 0.3 is 0 Å². The monoisotopic (exact) mass is 299 g/mol. The lowest BCUT2D eigenvalue weighted by Crippen LogP contribution is -2.32. The smallest absolute Gasteiger partial charge is 0.0325 e. The molecule has 0 saturated carbocycles. The molecule has 0 spiro atoms. The number of hydrogen-bond donors (Lipinski definition) is 1. The summed E-state index contributed by atoms with van der Waals surface area (Å²) in [7, 11) is 0. The molecule has 1 aromatic heterocycles. The Kier molecular flexibility index (Phi) is 4.77. The van der Waals surface area contributed by atoms with E-state index in [1.54, 1.807) is 5.56 Å². The van der Waals surface area contributed by atoms with Gasteiger partial charge in [0.15, 0.2) is 0 Å². The van der Waals surface area contributed by atoms with E-state index in [1.807, 2.05) is 11.3 Å². The summed E-state index contributed by atoms with van der Waals surface area (Å²) in [6.07, 6.45) is 6.31. The summed E-state index contributed by atoms with van der Waals surface area (Å²) in [4.78, 5) is 2.91. The summed E-state index contributed by atoms with van der Waals surface area (Å²) in [5.41, 5.74) is 3.08. The van der Waals surface area contributed by atoms with Crippen molar-refractivity contribution in [1.82, 2.24) is 5.32 Å². The molecule has 2 heteroatoms. The van der Waals surface area contributed by atoms with Gasteiger partial charge in [0.05, 0.1) is 0 Å². The lowest BCUT2D eigenvalue weighted by Gasteiger charge is -2.24. The molecule has 0 radical (unpaired) electrons. The van der Waals surface area contributed by atoms with E-state index in [0.29, 0.717) is 12.1 Å². The van der Waals surface area contributed by atoms with Gasteiger partial charge in [0, 0.05) is 21.8 Å². The average Bonchev–Trinajstić information content (AvgIpc) is 2.77. The van der Waals surface area contributed by atoms with Crippen molar-refractivity contribution in [2.75, 3.05) is 0 Å². The molecule has 1 aliphatic rings. The number of benzene rings is 1. The Balaban J connectivity index is 1.69.